The topological polar surface area (TPSA) is 92.8 Å². The standard InChI is InChI=1S/C13H21N2O5.BrH/c1-15(6-9-16,7-10-17)8-11-20-13-4-2-12(3-5-13)14(18)19;/h2-5,16-17H,6-11H2,1H3;1H/q+1;/p-1. The number of aliphatic hydroxyl groups excluding tert-OH is 2. The van der Waals surface area contributed by atoms with E-state index in [-0.39, 0.29) is 35.9 Å². The van der Waals surface area contributed by atoms with Crippen LogP contribution in [0.1, 0.15) is 0 Å². The zero-order valence-electron chi connectivity index (χ0n) is 11.9. The van der Waals surface area contributed by atoms with Gasteiger partial charge in [0.1, 0.15) is 32.0 Å². The van der Waals surface area contributed by atoms with E-state index in [2.05, 4.69) is 0 Å². The number of aliphatic hydroxyl groups is 2. The summed E-state index contributed by atoms with van der Waals surface area (Å²) in [5, 5.41) is 28.6. The first kappa shape index (κ1) is 19.8. The van der Waals surface area contributed by atoms with Gasteiger partial charge in [0.25, 0.3) is 5.69 Å². The smallest absolute Gasteiger partial charge is 0.269 e. The number of hydrogen-bond acceptors (Lipinski definition) is 5. The fraction of sp³-hybridized carbons (Fsp3) is 0.538. The molecule has 21 heavy (non-hydrogen) atoms. The van der Waals surface area contributed by atoms with E-state index in [0.29, 0.717) is 36.5 Å². The number of nitro benzene ring substituents is 1. The Kier molecular flexibility index (Phi) is 9.11. The third kappa shape index (κ3) is 6.85. The Bertz CT molecular complexity index is 421. The molecule has 120 valence electrons. The fourth-order valence-electron chi connectivity index (χ4n) is 1.87. The number of nitrogens with zero attached hydrogens (tertiary/aromatic N) is 2. The maximum Gasteiger partial charge on any atom is 0.269 e. The Morgan fingerprint density at radius 1 is 1.14 bits per heavy atom. The minimum absolute atomic E-state index is 0. The van der Waals surface area contributed by atoms with Crippen LogP contribution in [-0.4, -0.2) is 66.1 Å². The molecule has 0 bridgehead atoms. The van der Waals surface area contributed by atoms with E-state index in [1.54, 1.807) is 12.1 Å². The number of ether oxygens (including phenoxy) is 1. The lowest BCUT2D eigenvalue weighted by Gasteiger charge is -2.33. The monoisotopic (exact) mass is 364 g/mol. The normalized spacial score (nSPS) is 10.8. The van der Waals surface area contributed by atoms with Gasteiger partial charge in [0, 0.05) is 12.1 Å². The molecule has 0 heterocycles. The van der Waals surface area contributed by atoms with E-state index < -0.39 is 4.92 Å². The molecule has 7 nitrogen and oxygen atoms in total. The van der Waals surface area contributed by atoms with Crippen molar-refractivity contribution in [1.29, 1.82) is 0 Å². The van der Waals surface area contributed by atoms with Gasteiger partial charge in [0.2, 0.25) is 0 Å². The van der Waals surface area contributed by atoms with Crippen molar-refractivity contribution in [2.24, 2.45) is 0 Å². The van der Waals surface area contributed by atoms with Gasteiger partial charge in [-0.2, -0.15) is 0 Å². The number of likely N-dealkylation sites (N-methyl/N-ethyl adjacent to an activating group) is 1. The van der Waals surface area contributed by atoms with E-state index in [4.69, 9.17) is 14.9 Å². The molecule has 0 aliphatic carbocycles. The predicted molar refractivity (Wildman–Crippen MR) is 73.5 cm³/mol. The Morgan fingerprint density at radius 3 is 2.10 bits per heavy atom. The molecule has 0 saturated heterocycles. The van der Waals surface area contributed by atoms with Crippen molar-refractivity contribution < 1.29 is 41.3 Å². The second-order valence-corrected chi connectivity index (χ2v) is 4.84. The second kappa shape index (κ2) is 9.67. The van der Waals surface area contributed by atoms with Gasteiger partial charge in [-0.1, -0.05) is 0 Å². The van der Waals surface area contributed by atoms with Crippen LogP contribution in [0.4, 0.5) is 5.69 Å². The van der Waals surface area contributed by atoms with Crippen LogP contribution in [-0.2, 0) is 0 Å². The lowest BCUT2D eigenvalue weighted by atomic mass is 10.3. The first-order valence-corrected chi connectivity index (χ1v) is 6.43. The van der Waals surface area contributed by atoms with E-state index in [1.165, 1.54) is 12.1 Å². The molecule has 0 atom stereocenters. The summed E-state index contributed by atoms with van der Waals surface area (Å²) in [4.78, 5) is 10.1. The SMILES string of the molecule is C[N+](CCO)(CCO)CCOc1ccc([N+](=O)[O-])cc1.[Br-]. The summed E-state index contributed by atoms with van der Waals surface area (Å²) in [6.07, 6.45) is 0. The summed E-state index contributed by atoms with van der Waals surface area (Å²) in [5.74, 6) is 0.565. The Balaban J connectivity index is 0.00000400. The van der Waals surface area contributed by atoms with Crippen LogP contribution in [0.15, 0.2) is 24.3 Å². The summed E-state index contributed by atoms with van der Waals surface area (Å²) >= 11 is 0. The van der Waals surface area contributed by atoms with Gasteiger partial charge in [-0.05, 0) is 12.1 Å². The lowest BCUT2D eigenvalue weighted by Crippen LogP contribution is -3.00. The molecule has 0 radical (unpaired) electrons. The van der Waals surface area contributed by atoms with Crippen LogP contribution in [0.25, 0.3) is 0 Å². The molecule has 0 fully saturated rings. The maximum absolute atomic E-state index is 10.5. The fourth-order valence-corrected chi connectivity index (χ4v) is 1.87. The number of nitro groups is 1. The molecule has 2 N–H and O–H groups in total. The van der Waals surface area contributed by atoms with E-state index in [0.717, 1.165) is 0 Å². The molecule has 0 aliphatic rings. The minimum Gasteiger partial charge on any atom is -1.00 e. The van der Waals surface area contributed by atoms with Crippen molar-refractivity contribution in [3.8, 4) is 5.75 Å². The summed E-state index contributed by atoms with van der Waals surface area (Å²) in [6, 6.07) is 5.90. The minimum atomic E-state index is -0.458. The van der Waals surface area contributed by atoms with Crippen molar-refractivity contribution in [1.82, 2.24) is 0 Å². The highest BCUT2D eigenvalue weighted by atomic mass is 79.9. The third-order valence-corrected chi connectivity index (χ3v) is 3.23. The molecule has 0 aliphatic heterocycles. The van der Waals surface area contributed by atoms with Crippen LogP contribution >= 0.6 is 0 Å². The number of non-ortho nitro benzene ring substituents is 1. The number of rotatable bonds is 9. The predicted octanol–water partition coefficient (Wildman–Crippen LogP) is -2.59. The first-order valence-electron chi connectivity index (χ1n) is 6.43. The van der Waals surface area contributed by atoms with Gasteiger partial charge in [-0.3, -0.25) is 10.1 Å². The van der Waals surface area contributed by atoms with Crippen molar-refractivity contribution in [2.45, 2.75) is 0 Å². The molecule has 0 unspecified atom stereocenters. The van der Waals surface area contributed by atoms with Gasteiger partial charge in [0.05, 0.1) is 25.2 Å². The second-order valence-electron chi connectivity index (χ2n) is 4.84. The van der Waals surface area contributed by atoms with Crippen molar-refractivity contribution >= 4 is 5.69 Å². The highest BCUT2D eigenvalue weighted by molar-refractivity contribution is 5.35. The molecule has 8 heteroatoms. The Hall–Kier alpha value is -1.22. The van der Waals surface area contributed by atoms with Crippen LogP contribution in [0.3, 0.4) is 0 Å². The highest BCUT2D eigenvalue weighted by Gasteiger charge is 2.20. The molecule has 0 spiro atoms. The average molecular weight is 365 g/mol. The van der Waals surface area contributed by atoms with Crippen molar-refractivity contribution in [3.63, 3.8) is 0 Å². The number of hydrogen-bond donors (Lipinski definition) is 2. The van der Waals surface area contributed by atoms with E-state index in [9.17, 15) is 10.1 Å². The molecule has 1 aromatic carbocycles. The van der Waals surface area contributed by atoms with Gasteiger partial charge >= 0.3 is 0 Å². The van der Waals surface area contributed by atoms with E-state index in [1.807, 2.05) is 7.05 Å². The van der Waals surface area contributed by atoms with E-state index >= 15 is 0 Å². The quantitative estimate of drug-likeness (QED) is 0.285. The molecule has 0 aromatic heterocycles. The highest BCUT2D eigenvalue weighted by Crippen LogP contribution is 2.17. The van der Waals surface area contributed by atoms with Crippen molar-refractivity contribution in [3.05, 3.63) is 34.4 Å². The van der Waals surface area contributed by atoms with Gasteiger partial charge in [-0.25, -0.2) is 0 Å². The maximum atomic E-state index is 10.5. The number of halogens is 1. The molecular weight excluding hydrogens is 344 g/mol. The molecule has 1 rings (SSSR count). The first-order chi connectivity index (χ1) is 9.50. The zero-order chi connectivity index (χ0) is 15.0. The Morgan fingerprint density at radius 2 is 1.67 bits per heavy atom. The van der Waals surface area contributed by atoms with Crippen LogP contribution in [0.5, 0.6) is 5.75 Å². The summed E-state index contributed by atoms with van der Waals surface area (Å²) < 4.78 is 6.04. The molecule has 1 aromatic rings. The van der Waals surface area contributed by atoms with Crippen LogP contribution < -0.4 is 21.7 Å². The van der Waals surface area contributed by atoms with Gasteiger partial charge < -0.3 is 36.4 Å². The average Bonchev–Trinajstić information content (AvgIpc) is 2.39. The Labute approximate surface area is 134 Å². The summed E-state index contributed by atoms with van der Waals surface area (Å²) in [5.41, 5.74) is 0.0264. The number of benzene rings is 1. The molecule has 0 amide bonds. The van der Waals surface area contributed by atoms with Crippen molar-refractivity contribution in [2.75, 3.05) is 46.5 Å². The summed E-state index contributed by atoms with van der Waals surface area (Å²) in [7, 11) is 1.94. The van der Waals surface area contributed by atoms with Crippen LogP contribution in [0, 0.1) is 10.1 Å². The zero-order valence-corrected chi connectivity index (χ0v) is 13.5. The third-order valence-electron chi connectivity index (χ3n) is 3.23. The molecular formula is C13H21BrN2O5. The largest absolute Gasteiger partial charge is 1.00 e. The summed E-state index contributed by atoms with van der Waals surface area (Å²) in [6.45, 7) is 2.24. The van der Waals surface area contributed by atoms with Gasteiger partial charge in [0.15, 0.2) is 0 Å². The molecule has 0 saturated carbocycles. The van der Waals surface area contributed by atoms with Gasteiger partial charge in [-0.15, -0.1) is 0 Å². The number of quaternary nitrogens is 1. The van der Waals surface area contributed by atoms with Crippen LogP contribution in [0.2, 0.25) is 0 Å². The lowest BCUT2D eigenvalue weighted by molar-refractivity contribution is -0.910.